The molecule has 7 heteroatoms. The van der Waals surface area contributed by atoms with Crippen LogP contribution in [-0.4, -0.2) is 48.0 Å². The van der Waals surface area contributed by atoms with Crippen LogP contribution in [0.4, 0.5) is 11.4 Å². The molecule has 0 aliphatic carbocycles. The molecular weight excluding hydrogens is 266 g/mol. The Balaban J connectivity index is 2.25. The molecule has 0 bridgehead atoms. The van der Waals surface area contributed by atoms with Gasteiger partial charge in [0, 0.05) is 32.2 Å². The minimum Gasteiger partial charge on any atom is -0.495 e. The number of rotatable bonds is 4. The van der Waals surface area contributed by atoms with Crippen LogP contribution in [0.2, 0.25) is 0 Å². The van der Waals surface area contributed by atoms with Gasteiger partial charge in [-0.3, -0.25) is 4.72 Å². The lowest BCUT2D eigenvalue weighted by Crippen LogP contribution is -2.43. The number of nitrogens with one attached hydrogen (secondary N) is 2. The second kappa shape index (κ2) is 5.66. The largest absolute Gasteiger partial charge is 0.495 e. The van der Waals surface area contributed by atoms with Crippen molar-refractivity contribution in [3.8, 4) is 5.75 Å². The number of benzene rings is 1. The summed E-state index contributed by atoms with van der Waals surface area (Å²) in [5.74, 6) is 0.676. The molecule has 0 saturated carbocycles. The van der Waals surface area contributed by atoms with E-state index in [1.807, 2.05) is 6.07 Å². The number of methoxy groups -OCH3 is 1. The van der Waals surface area contributed by atoms with Gasteiger partial charge >= 0.3 is 0 Å². The summed E-state index contributed by atoms with van der Waals surface area (Å²) in [6.45, 7) is 3.70. The second-order valence-electron chi connectivity index (χ2n) is 4.50. The molecule has 1 aromatic carbocycles. The molecule has 19 heavy (non-hydrogen) atoms. The van der Waals surface area contributed by atoms with E-state index in [1.165, 1.54) is 0 Å². The molecule has 1 aromatic rings. The number of piperazine rings is 1. The molecule has 6 nitrogen and oxygen atoms in total. The molecule has 1 aliphatic rings. The number of ether oxygens (including phenoxy) is 1. The van der Waals surface area contributed by atoms with E-state index in [4.69, 9.17) is 4.74 Å². The smallest absolute Gasteiger partial charge is 0.229 e. The first kappa shape index (κ1) is 14.0. The lowest BCUT2D eigenvalue weighted by Gasteiger charge is -2.30. The fraction of sp³-hybridized carbons (Fsp3) is 0.500. The van der Waals surface area contributed by atoms with Crippen LogP contribution in [0.5, 0.6) is 5.75 Å². The highest BCUT2D eigenvalue weighted by molar-refractivity contribution is 7.92. The average Bonchev–Trinajstić information content (AvgIpc) is 2.37. The van der Waals surface area contributed by atoms with Crippen molar-refractivity contribution in [1.82, 2.24) is 5.32 Å². The molecule has 2 N–H and O–H groups in total. The number of sulfonamides is 1. The highest BCUT2D eigenvalue weighted by Crippen LogP contribution is 2.31. The number of nitrogens with zero attached hydrogens (tertiary/aromatic N) is 1. The van der Waals surface area contributed by atoms with E-state index in [-0.39, 0.29) is 0 Å². The van der Waals surface area contributed by atoms with E-state index < -0.39 is 10.0 Å². The van der Waals surface area contributed by atoms with Gasteiger partial charge in [0.15, 0.2) is 0 Å². The van der Waals surface area contributed by atoms with Crippen molar-refractivity contribution >= 4 is 21.4 Å². The predicted molar refractivity (Wildman–Crippen MR) is 76.5 cm³/mol. The first-order valence-electron chi connectivity index (χ1n) is 6.11. The van der Waals surface area contributed by atoms with Crippen LogP contribution >= 0.6 is 0 Å². The molecule has 0 unspecified atom stereocenters. The topological polar surface area (TPSA) is 70.7 Å². The summed E-state index contributed by atoms with van der Waals surface area (Å²) in [7, 11) is -1.68. The molecule has 0 atom stereocenters. The third-order valence-electron chi connectivity index (χ3n) is 2.94. The predicted octanol–water partition coefficient (Wildman–Crippen LogP) is 0.476. The highest BCUT2D eigenvalue weighted by Gasteiger charge is 2.15. The van der Waals surface area contributed by atoms with Crippen LogP contribution in [0, 0.1) is 0 Å². The van der Waals surface area contributed by atoms with Gasteiger partial charge < -0.3 is 15.0 Å². The number of hydrogen-bond acceptors (Lipinski definition) is 5. The van der Waals surface area contributed by atoms with Crippen molar-refractivity contribution in [2.75, 3.05) is 49.2 Å². The Morgan fingerprint density at radius 3 is 2.58 bits per heavy atom. The number of anilines is 2. The van der Waals surface area contributed by atoms with Crippen molar-refractivity contribution in [1.29, 1.82) is 0 Å². The van der Waals surface area contributed by atoms with E-state index in [9.17, 15) is 8.42 Å². The maximum absolute atomic E-state index is 11.2. The second-order valence-corrected chi connectivity index (χ2v) is 6.25. The summed E-state index contributed by atoms with van der Waals surface area (Å²) in [6, 6.07) is 5.34. The van der Waals surface area contributed by atoms with E-state index in [0.717, 1.165) is 38.1 Å². The highest BCUT2D eigenvalue weighted by atomic mass is 32.2. The fourth-order valence-electron chi connectivity index (χ4n) is 2.12. The van der Waals surface area contributed by atoms with Crippen LogP contribution < -0.4 is 19.7 Å². The zero-order chi connectivity index (χ0) is 13.9. The Bertz CT molecular complexity index is 539. The molecule has 0 radical (unpaired) electrons. The van der Waals surface area contributed by atoms with Gasteiger partial charge in [-0.1, -0.05) is 0 Å². The van der Waals surface area contributed by atoms with Crippen molar-refractivity contribution in [3.05, 3.63) is 18.2 Å². The lowest BCUT2D eigenvalue weighted by molar-refractivity contribution is 0.413. The van der Waals surface area contributed by atoms with Gasteiger partial charge in [0.2, 0.25) is 10.0 Å². The third-order valence-corrected chi connectivity index (χ3v) is 3.55. The zero-order valence-corrected chi connectivity index (χ0v) is 12.0. The molecular formula is C12H19N3O3S. The maximum Gasteiger partial charge on any atom is 0.229 e. The van der Waals surface area contributed by atoms with Crippen LogP contribution in [0.1, 0.15) is 0 Å². The van der Waals surface area contributed by atoms with Gasteiger partial charge in [0.1, 0.15) is 5.75 Å². The third kappa shape index (κ3) is 3.74. The minimum absolute atomic E-state index is 0.512. The van der Waals surface area contributed by atoms with E-state index in [1.54, 1.807) is 19.2 Å². The van der Waals surface area contributed by atoms with E-state index >= 15 is 0 Å². The zero-order valence-electron chi connectivity index (χ0n) is 11.1. The minimum atomic E-state index is -3.27. The molecule has 1 saturated heterocycles. The van der Waals surface area contributed by atoms with Crippen molar-refractivity contribution in [2.24, 2.45) is 0 Å². The SMILES string of the molecule is COc1cc(NS(C)(=O)=O)ccc1N1CCNCC1. The molecule has 0 spiro atoms. The summed E-state index contributed by atoms with van der Waals surface area (Å²) < 4.78 is 30.2. The Kier molecular flexibility index (Phi) is 4.16. The molecule has 2 rings (SSSR count). The molecule has 0 aromatic heterocycles. The lowest BCUT2D eigenvalue weighted by atomic mass is 10.2. The van der Waals surface area contributed by atoms with Gasteiger partial charge in [-0.05, 0) is 12.1 Å². The van der Waals surface area contributed by atoms with E-state index in [2.05, 4.69) is 14.9 Å². The van der Waals surface area contributed by atoms with Gasteiger partial charge in [-0.25, -0.2) is 8.42 Å². The first-order valence-corrected chi connectivity index (χ1v) is 8.00. The summed E-state index contributed by atoms with van der Waals surface area (Å²) >= 11 is 0. The molecule has 1 fully saturated rings. The summed E-state index contributed by atoms with van der Waals surface area (Å²) in [5, 5.41) is 3.29. The first-order chi connectivity index (χ1) is 8.99. The van der Waals surface area contributed by atoms with E-state index in [0.29, 0.717) is 11.4 Å². The Labute approximate surface area is 113 Å². The number of hydrogen-bond donors (Lipinski definition) is 2. The Morgan fingerprint density at radius 2 is 2.00 bits per heavy atom. The average molecular weight is 285 g/mol. The quantitative estimate of drug-likeness (QED) is 0.842. The maximum atomic E-state index is 11.2. The van der Waals surface area contributed by atoms with Gasteiger partial charge in [0.25, 0.3) is 0 Å². The Morgan fingerprint density at radius 1 is 1.32 bits per heavy atom. The van der Waals surface area contributed by atoms with Crippen LogP contribution in [-0.2, 0) is 10.0 Å². The van der Waals surface area contributed by atoms with Gasteiger partial charge in [-0.2, -0.15) is 0 Å². The summed E-state index contributed by atoms with van der Waals surface area (Å²) in [4.78, 5) is 2.22. The Hall–Kier alpha value is -1.47. The van der Waals surface area contributed by atoms with Crippen molar-refractivity contribution < 1.29 is 13.2 Å². The molecule has 0 amide bonds. The summed E-state index contributed by atoms with van der Waals surface area (Å²) in [5.41, 5.74) is 1.50. The van der Waals surface area contributed by atoms with Crippen molar-refractivity contribution in [3.63, 3.8) is 0 Å². The van der Waals surface area contributed by atoms with Crippen LogP contribution in [0.25, 0.3) is 0 Å². The van der Waals surface area contributed by atoms with Crippen LogP contribution in [0.15, 0.2) is 18.2 Å². The van der Waals surface area contributed by atoms with Crippen molar-refractivity contribution in [2.45, 2.75) is 0 Å². The molecule has 1 aliphatic heterocycles. The van der Waals surface area contributed by atoms with Crippen LogP contribution in [0.3, 0.4) is 0 Å². The molecule has 1 heterocycles. The molecule has 106 valence electrons. The fourth-order valence-corrected chi connectivity index (χ4v) is 2.68. The standard InChI is InChI=1S/C12H19N3O3S/c1-18-12-9-10(14-19(2,16)17)3-4-11(12)15-7-5-13-6-8-15/h3-4,9,13-14H,5-8H2,1-2H3. The summed E-state index contributed by atoms with van der Waals surface area (Å²) in [6.07, 6.45) is 1.13. The van der Waals surface area contributed by atoms with Gasteiger partial charge in [0.05, 0.1) is 24.7 Å². The van der Waals surface area contributed by atoms with Gasteiger partial charge in [-0.15, -0.1) is 0 Å². The monoisotopic (exact) mass is 285 g/mol. The normalized spacial score (nSPS) is 16.2.